The van der Waals surface area contributed by atoms with E-state index < -0.39 is 5.54 Å². The Morgan fingerprint density at radius 1 is 1.06 bits per heavy atom. The van der Waals surface area contributed by atoms with Crippen LogP contribution < -0.4 is 10.2 Å². The number of hydrogen-bond donors (Lipinski definition) is 1. The van der Waals surface area contributed by atoms with E-state index in [9.17, 15) is 9.59 Å². The van der Waals surface area contributed by atoms with Crippen molar-refractivity contribution in [2.24, 2.45) is 0 Å². The van der Waals surface area contributed by atoms with Crippen LogP contribution in [0.5, 0.6) is 0 Å². The number of hydrogen-bond acceptors (Lipinski definition) is 4. The third-order valence-electron chi connectivity index (χ3n) is 6.70. The first-order valence-corrected chi connectivity index (χ1v) is 12.5. The van der Waals surface area contributed by atoms with Gasteiger partial charge in [-0.25, -0.2) is 0 Å². The van der Waals surface area contributed by atoms with E-state index in [-0.39, 0.29) is 18.4 Å². The second kappa shape index (κ2) is 8.82. The lowest BCUT2D eigenvalue weighted by Crippen LogP contribution is -2.64. The summed E-state index contributed by atoms with van der Waals surface area (Å²) in [6.45, 7) is 8.54. The minimum Gasteiger partial charge on any atom is -0.350 e. The molecule has 35 heavy (non-hydrogen) atoms. The van der Waals surface area contributed by atoms with Gasteiger partial charge in [-0.3, -0.25) is 19.2 Å². The van der Waals surface area contributed by atoms with E-state index in [1.165, 1.54) is 0 Å². The van der Waals surface area contributed by atoms with Crippen molar-refractivity contribution in [3.05, 3.63) is 94.0 Å². The number of nitrogens with one attached hydrogen (secondary N) is 1. The SMILES string of the molecule is Cc1cccc(CNC(=O)[C@]2(C)Cn3nc(-c4cccs4)cc3C(=O)N2c2ccc(C)c(C)c2)c1. The van der Waals surface area contributed by atoms with Crippen LogP contribution in [0.3, 0.4) is 0 Å². The minimum atomic E-state index is -1.16. The Hall–Kier alpha value is -3.71. The molecular weight excluding hydrogens is 456 g/mol. The highest BCUT2D eigenvalue weighted by atomic mass is 32.1. The number of carbonyl (C=O) groups is 2. The van der Waals surface area contributed by atoms with Crippen LogP contribution in [-0.2, 0) is 17.9 Å². The van der Waals surface area contributed by atoms with Crippen LogP contribution in [0, 0.1) is 20.8 Å². The lowest BCUT2D eigenvalue weighted by molar-refractivity contribution is -0.126. The maximum absolute atomic E-state index is 13.9. The fourth-order valence-electron chi connectivity index (χ4n) is 4.59. The standard InChI is InChI=1S/C28H28N4O2S/c1-18-7-5-8-21(13-18)16-29-27(34)28(4)17-31-24(15-23(30-31)25-9-6-12-35-25)26(33)32(28)22-11-10-19(2)20(3)14-22/h5-15H,16-17H2,1-4H3,(H,29,34)/t28-/m0/s1. The number of rotatable bonds is 5. The van der Waals surface area contributed by atoms with Gasteiger partial charge in [0, 0.05) is 12.2 Å². The zero-order valence-corrected chi connectivity index (χ0v) is 21.1. The van der Waals surface area contributed by atoms with Gasteiger partial charge >= 0.3 is 0 Å². The van der Waals surface area contributed by atoms with Gasteiger partial charge in [0.15, 0.2) is 0 Å². The number of amides is 2. The molecule has 178 valence electrons. The van der Waals surface area contributed by atoms with E-state index >= 15 is 0 Å². The summed E-state index contributed by atoms with van der Waals surface area (Å²) in [7, 11) is 0. The summed E-state index contributed by atoms with van der Waals surface area (Å²) in [5.74, 6) is -0.451. The van der Waals surface area contributed by atoms with Crippen LogP contribution in [0.4, 0.5) is 5.69 Å². The molecule has 5 rings (SSSR count). The number of nitrogens with zero attached hydrogens (tertiary/aromatic N) is 3. The number of aromatic nitrogens is 2. The van der Waals surface area contributed by atoms with Crippen molar-refractivity contribution in [2.45, 2.75) is 46.3 Å². The van der Waals surface area contributed by atoms with E-state index in [2.05, 4.69) is 11.4 Å². The Bertz CT molecular complexity index is 1420. The average Bonchev–Trinajstić information content (AvgIpc) is 3.50. The van der Waals surface area contributed by atoms with Crippen LogP contribution in [0.15, 0.2) is 66.0 Å². The Morgan fingerprint density at radius 2 is 1.89 bits per heavy atom. The normalized spacial score (nSPS) is 17.4. The first kappa shape index (κ1) is 23.1. The number of thiophene rings is 1. The molecule has 1 atom stereocenters. The molecule has 3 heterocycles. The second-order valence-electron chi connectivity index (χ2n) is 9.40. The molecule has 0 radical (unpaired) electrons. The molecule has 4 aromatic rings. The summed E-state index contributed by atoms with van der Waals surface area (Å²) in [5, 5.41) is 9.77. The fourth-order valence-corrected chi connectivity index (χ4v) is 5.27. The highest BCUT2D eigenvalue weighted by Gasteiger charge is 2.49. The molecule has 0 saturated carbocycles. The summed E-state index contributed by atoms with van der Waals surface area (Å²) in [6, 6.07) is 19.7. The molecule has 2 aromatic carbocycles. The van der Waals surface area contributed by atoms with Gasteiger partial charge < -0.3 is 5.32 Å². The Balaban J connectivity index is 1.55. The van der Waals surface area contributed by atoms with E-state index in [1.807, 2.05) is 87.7 Å². The van der Waals surface area contributed by atoms with Crippen molar-refractivity contribution in [3.8, 4) is 10.6 Å². The highest BCUT2D eigenvalue weighted by molar-refractivity contribution is 7.13. The molecule has 1 aliphatic rings. The van der Waals surface area contributed by atoms with E-state index in [0.29, 0.717) is 17.9 Å². The molecular formula is C28H28N4O2S. The third kappa shape index (κ3) is 4.17. The maximum atomic E-state index is 13.9. The van der Waals surface area contributed by atoms with Crippen LogP contribution in [0.25, 0.3) is 10.6 Å². The van der Waals surface area contributed by atoms with Crippen molar-refractivity contribution >= 4 is 28.8 Å². The zero-order chi connectivity index (χ0) is 24.7. The lowest BCUT2D eigenvalue weighted by Gasteiger charge is -2.43. The molecule has 0 fully saturated rings. The first-order chi connectivity index (χ1) is 16.8. The second-order valence-corrected chi connectivity index (χ2v) is 10.4. The zero-order valence-electron chi connectivity index (χ0n) is 20.3. The molecule has 7 heteroatoms. The molecule has 0 spiro atoms. The quantitative estimate of drug-likeness (QED) is 0.420. The van der Waals surface area contributed by atoms with Crippen LogP contribution in [0.1, 0.15) is 39.7 Å². The fraction of sp³-hybridized carbons (Fsp3) is 0.250. The Morgan fingerprint density at radius 3 is 2.60 bits per heavy atom. The van der Waals surface area contributed by atoms with Crippen LogP contribution in [0.2, 0.25) is 0 Å². The van der Waals surface area contributed by atoms with Crippen LogP contribution >= 0.6 is 11.3 Å². The van der Waals surface area contributed by atoms with Gasteiger partial charge in [0.25, 0.3) is 5.91 Å². The number of aryl methyl sites for hydroxylation is 3. The summed E-state index contributed by atoms with van der Waals surface area (Å²) < 4.78 is 1.68. The molecule has 0 unspecified atom stereocenters. The van der Waals surface area contributed by atoms with Gasteiger partial charge in [-0.1, -0.05) is 42.0 Å². The average molecular weight is 485 g/mol. The molecule has 6 nitrogen and oxygen atoms in total. The van der Waals surface area contributed by atoms with Gasteiger partial charge in [-0.15, -0.1) is 11.3 Å². The first-order valence-electron chi connectivity index (χ1n) is 11.6. The summed E-state index contributed by atoms with van der Waals surface area (Å²) in [6.07, 6.45) is 0. The van der Waals surface area contributed by atoms with E-state index in [0.717, 1.165) is 32.8 Å². The predicted octanol–water partition coefficient (Wildman–Crippen LogP) is 5.27. The lowest BCUT2D eigenvalue weighted by atomic mass is 9.93. The molecule has 0 saturated heterocycles. The Kier molecular flexibility index (Phi) is 5.81. The number of fused-ring (bicyclic) bond motifs is 1. The number of benzene rings is 2. The highest BCUT2D eigenvalue weighted by Crippen LogP contribution is 2.35. The van der Waals surface area contributed by atoms with E-state index in [1.54, 1.807) is 20.9 Å². The largest absolute Gasteiger partial charge is 0.350 e. The molecule has 0 bridgehead atoms. The molecule has 2 amide bonds. The van der Waals surface area contributed by atoms with Gasteiger partial charge in [-0.2, -0.15) is 5.10 Å². The van der Waals surface area contributed by atoms with Crippen LogP contribution in [-0.4, -0.2) is 27.1 Å². The van der Waals surface area contributed by atoms with Crippen molar-refractivity contribution in [2.75, 3.05) is 4.90 Å². The summed E-state index contributed by atoms with van der Waals surface area (Å²) in [5.41, 5.74) is 5.12. The van der Waals surface area contributed by atoms with Crippen molar-refractivity contribution in [1.29, 1.82) is 0 Å². The predicted molar refractivity (Wildman–Crippen MR) is 140 cm³/mol. The van der Waals surface area contributed by atoms with Gasteiger partial charge in [-0.05, 0) is 74.0 Å². The minimum absolute atomic E-state index is 0.218. The summed E-state index contributed by atoms with van der Waals surface area (Å²) >= 11 is 1.57. The molecule has 1 aliphatic heterocycles. The van der Waals surface area contributed by atoms with Gasteiger partial charge in [0.2, 0.25) is 5.91 Å². The monoisotopic (exact) mass is 484 g/mol. The number of carbonyl (C=O) groups excluding carboxylic acids is 2. The maximum Gasteiger partial charge on any atom is 0.277 e. The molecule has 2 aromatic heterocycles. The molecule has 1 N–H and O–H groups in total. The van der Waals surface area contributed by atoms with Gasteiger partial charge in [0.1, 0.15) is 16.9 Å². The third-order valence-corrected chi connectivity index (χ3v) is 7.59. The van der Waals surface area contributed by atoms with Crippen molar-refractivity contribution in [1.82, 2.24) is 15.1 Å². The van der Waals surface area contributed by atoms with Gasteiger partial charge in [0.05, 0.1) is 11.4 Å². The van der Waals surface area contributed by atoms with E-state index in [4.69, 9.17) is 5.10 Å². The Labute approximate surface area is 209 Å². The summed E-state index contributed by atoms with van der Waals surface area (Å²) in [4.78, 5) is 30.3. The van der Waals surface area contributed by atoms with Crippen molar-refractivity contribution in [3.63, 3.8) is 0 Å². The topological polar surface area (TPSA) is 67.2 Å². The number of anilines is 1. The van der Waals surface area contributed by atoms with Crippen molar-refractivity contribution < 1.29 is 9.59 Å². The smallest absolute Gasteiger partial charge is 0.277 e. The molecule has 0 aliphatic carbocycles.